The number of halogens is 2. The molecule has 0 aliphatic heterocycles. The molecule has 0 saturated heterocycles. The Balaban J connectivity index is 0. The third kappa shape index (κ3) is 18.1. The number of pyridine rings is 1. The predicted octanol–water partition coefficient (Wildman–Crippen LogP) is -15.4. The minimum Gasteiger partial charge on any atom is -1.00 e. The molecule has 3 N–H and O–H groups in total. The Bertz CT molecular complexity index is 2160. The molecule has 0 saturated carbocycles. The van der Waals surface area contributed by atoms with Gasteiger partial charge in [-0.2, -0.15) is 13.7 Å². The van der Waals surface area contributed by atoms with Crippen LogP contribution in [0, 0.1) is 0 Å². The number of carboxylic acids is 1. The molecule has 22 nitrogen and oxygen atoms in total. The summed E-state index contributed by atoms with van der Waals surface area (Å²) in [5.41, 5.74) is 5.57. The number of aromatic nitrogens is 4. The first-order valence-corrected chi connectivity index (χ1v) is 17.5. The molecule has 4 rings (SSSR count). The van der Waals surface area contributed by atoms with Gasteiger partial charge in [0.2, 0.25) is 10.4 Å². The Labute approximate surface area is 419 Å². The third-order valence-corrected chi connectivity index (χ3v) is 9.28. The number of nitrogens with one attached hydrogen (secondary N) is 1. The van der Waals surface area contributed by atoms with Crippen LogP contribution in [0.3, 0.4) is 0 Å². The summed E-state index contributed by atoms with van der Waals surface area (Å²) < 4.78 is 71.6. The van der Waals surface area contributed by atoms with Crippen molar-refractivity contribution in [1.82, 2.24) is 15.0 Å². The summed E-state index contributed by atoms with van der Waals surface area (Å²) in [6, 6.07) is 8.39. The van der Waals surface area contributed by atoms with Crippen molar-refractivity contribution in [2.24, 2.45) is 10.2 Å². The summed E-state index contributed by atoms with van der Waals surface area (Å²) >= 11 is 6.82. The molecule has 0 spiro atoms. The first-order valence-electron chi connectivity index (χ1n) is 12.7. The zero-order chi connectivity index (χ0) is 36.5. The number of carbonyl (C=O) groups excluding carboxylic acids is 1. The van der Waals surface area contributed by atoms with Crippen molar-refractivity contribution in [2.75, 3.05) is 23.4 Å². The number of benzene rings is 2. The number of nitrogens with two attached hydrogens (primary N) is 1. The fraction of sp³-hybridized carbons (Fsp3) is 0.0870. The third-order valence-electron chi connectivity index (χ3n) is 5.68. The molecule has 0 bridgehead atoms. The Morgan fingerprint density at radius 3 is 2.18 bits per heavy atom. The van der Waals surface area contributed by atoms with Gasteiger partial charge >= 0.3 is 135 Å². The number of carbonyl (C=O) groups is 1. The van der Waals surface area contributed by atoms with Crippen molar-refractivity contribution in [3.8, 4) is 5.95 Å². The van der Waals surface area contributed by atoms with Gasteiger partial charge in [0.15, 0.2) is 9.84 Å². The van der Waals surface area contributed by atoms with Crippen LogP contribution in [0.5, 0.6) is 0 Å². The second-order valence-electron chi connectivity index (χ2n) is 8.87. The van der Waals surface area contributed by atoms with Crippen molar-refractivity contribution in [3.05, 3.63) is 65.7 Å². The molecular weight excluding hydrogens is 903 g/mol. The standard InChI is InChI=1S/C23H19ClN8O14S4.ClH.4Na/c24-21-27-22(29-23(28-21)32-5-1-2-12(11-32)20(33)34)26-15-9-14(25)19(48-46-44-36)10-16(15)30-31-17-8-13(3-4-18(17)47-45-43-35)49(37,38)7-6-42-50(39,40)41;;;;;/h1-5,8-11H,6-7,25H2,(H4-,26,27,28,29,33,34,35,36,39,40,41);1H;;;;/q;;4*+1/p-4. The average molecular weight is 920 g/mol. The van der Waals surface area contributed by atoms with E-state index >= 15 is 0 Å². The zero-order valence-electron chi connectivity index (χ0n) is 28.5. The minimum atomic E-state index is -5.16. The molecule has 4 aromatic rings. The van der Waals surface area contributed by atoms with E-state index in [1.165, 1.54) is 35.0 Å². The number of rotatable bonds is 17. The molecule has 2 aromatic carbocycles. The van der Waals surface area contributed by atoms with Crippen molar-refractivity contribution < 1.29 is 200 Å². The number of azo groups is 1. The number of sulfone groups is 1. The predicted molar refractivity (Wildman–Crippen MR) is 159 cm³/mol. The van der Waals surface area contributed by atoms with Crippen LogP contribution in [0.1, 0.15) is 10.4 Å². The van der Waals surface area contributed by atoms with Crippen molar-refractivity contribution in [2.45, 2.75) is 14.7 Å². The molecule has 274 valence electrons. The number of hydrogen-bond acceptors (Lipinski definition) is 23. The Morgan fingerprint density at radius 2 is 1.56 bits per heavy atom. The maximum atomic E-state index is 12.8. The van der Waals surface area contributed by atoms with Gasteiger partial charge < -0.3 is 48.4 Å². The first-order chi connectivity index (χ1) is 23.7. The molecule has 0 fully saturated rings. The van der Waals surface area contributed by atoms with E-state index in [1.807, 2.05) is 0 Å². The molecule has 2 heterocycles. The van der Waals surface area contributed by atoms with Crippen molar-refractivity contribution >= 4 is 90.6 Å². The number of nitrogen functional groups attached to an aromatic ring is 1. The van der Waals surface area contributed by atoms with Gasteiger partial charge in [-0.3, -0.25) is 14.3 Å². The second kappa shape index (κ2) is 27.1. The smallest absolute Gasteiger partial charge is 1.00 e. The number of carboxylic acid groups (broad SMARTS) is 1. The van der Waals surface area contributed by atoms with E-state index in [4.69, 9.17) is 17.3 Å². The van der Waals surface area contributed by atoms with Crippen LogP contribution < -0.4 is 162 Å². The molecule has 0 aliphatic carbocycles. The van der Waals surface area contributed by atoms with E-state index in [1.54, 1.807) is 0 Å². The number of nitrogens with zero attached hydrogens (tertiary/aromatic N) is 6. The molecule has 0 aliphatic rings. The summed E-state index contributed by atoms with van der Waals surface area (Å²) in [6.45, 7) is -0.978. The van der Waals surface area contributed by atoms with Crippen molar-refractivity contribution in [3.63, 3.8) is 0 Å². The molecule has 2 aromatic heterocycles. The van der Waals surface area contributed by atoms with E-state index in [-0.39, 0.29) is 186 Å². The summed E-state index contributed by atoms with van der Waals surface area (Å²) in [7, 11) is -9.44. The summed E-state index contributed by atoms with van der Waals surface area (Å²) in [5, 5.41) is 49.6. The Hall–Kier alpha value is 0.130. The first kappa shape index (κ1) is 57.2. The monoisotopic (exact) mass is 918 g/mol. The van der Waals surface area contributed by atoms with Gasteiger partial charge in [0, 0.05) is 11.3 Å². The van der Waals surface area contributed by atoms with E-state index in [0.717, 1.165) is 24.4 Å². The fourth-order valence-electron chi connectivity index (χ4n) is 3.60. The van der Waals surface area contributed by atoms with Crippen LogP contribution in [0.2, 0.25) is 5.28 Å². The minimum absolute atomic E-state index is 0. The van der Waals surface area contributed by atoms with Gasteiger partial charge in [-0.25, -0.2) is 21.4 Å². The van der Waals surface area contributed by atoms with E-state index in [0.29, 0.717) is 24.1 Å². The quantitative estimate of drug-likeness (QED) is 0.0114. The van der Waals surface area contributed by atoms with Gasteiger partial charge in [0.25, 0.3) is 0 Å². The molecule has 55 heavy (non-hydrogen) atoms. The SMILES string of the molecule is Nc1cc(Nc2nc(Cl)nc(-[n+]3cccc(C(=O)[O-])c3)n2)c(N=Nc2cc(S(=O)(=O)CCOS(=O)(=O)[O-])ccc2SOO[O-])cc1SOO[O-].[Cl-].[Na+].[Na+].[Na+].[Na+]. The molecule has 0 unspecified atom stereocenters. The zero-order valence-corrected chi connectivity index (χ0v) is 41.3. The van der Waals surface area contributed by atoms with Gasteiger partial charge in [-0.1, -0.05) is 0 Å². The molecule has 0 radical (unpaired) electrons. The number of hydrogen-bond donors (Lipinski definition) is 2. The maximum absolute atomic E-state index is 12.8. The van der Waals surface area contributed by atoms with E-state index < -0.39 is 43.5 Å². The van der Waals surface area contributed by atoms with Gasteiger partial charge in [-0.05, 0) is 64.0 Å². The fourth-order valence-corrected chi connectivity index (χ4v) is 6.08. The van der Waals surface area contributed by atoms with Crippen molar-refractivity contribution in [1.29, 1.82) is 0 Å². The molecule has 32 heteroatoms. The van der Waals surface area contributed by atoms with Crippen LogP contribution in [-0.2, 0) is 43.2 Å². The normalized spacial score (nSPS) is 10.9. The summed E-state index contributed by atoms with van der Waals surface area (Å²) in [6.07, 6.45) is 2.59. The van der Waals surface area contributed by atoms with Crippen LogP contribution in [-0.4, -0.2) is 54.7 Å². The second-order valence-corrected chi connectivity index (χ2v) is 13.8. The molecular formula is C23H16Cl2N8Na4O14S4. The summed E-state index contributed by atoms with van der Waals surface area (Å²) in [5.74, 6) is -2.72. The van der Waals surface area contributed by atoms with Gasteiger partial charge in [0.05, 0.1) is 75.2 Å². The van der Waals surface area contributed by atoms with Gasteiger partial charge in [0.1, 0.15) is 11.4 Å². The van der Waals surface area contributed by atoms with E-state index in [9.17, 15) is 41.8 Å². The van der Waals surface area contributed by atoms with Crippen LogP contribution >= 0.6 is 35.7 Å². The summed E-state index contributed by atoms with van der Waals surface area (Å²) in [4.78, 5) is 23.2. The maximum Gasteiger partial charge on any atom is 1.00 e. The van der Waals surface area contributed by atoms with Crippen LogP contribution in [0.15, 0.2) is 79.8 Å². The Kier molecular flexibility index (Phi) is 28.2. The van der Waals surface area contributed by atoms with Crippen LogP contribution in [0.25, 0.3) is 5.95 Å². The largest absolute Gasteiger partial charge is 1.00 e. The number of anilines is 3. The number of aromatic carboxylic acids is 1. The molecule has 0 amide bonds. The topological polar surface area (TPSA) is 329 Å². The van der Waals surface area contributed by atoms with Gasteiger partial charge in [-0.15, -0.1) is 10.2 Å². The molecule has 0 atom stereocenters. The van der Waals surface area contributed by atoms with Crippen LogP contribution in [0.4, 0.5) is 28.7 Å². The Morgan fingerprint density at radius 1 is 0.927 bits per heavy atom. The van der Waals surface area contributed by atoms with E-state index in [2.05, 4.69) is 53.4 Å². The average Bonchev–Trinajstić information content (AvgIpc) is 3.05.